The van der Waals surface area contributed by atoms with Crippen molar-refractivity contribution in [1.29, 1.82) is 0 Å². The number of esters is 1. The van der Waals surface area contributed by atoms with Crippen molar-refractivity contribution in [2.24, 2.45) is 0 Å². The Morgan fingerprint density at radius 2 is 2.06 bits per heavy atom. The minimum atomic E-state index is -0.255. The maximum atomic E-state index is 11.4. The summed E-state index contributed by atoms with van der Waals surface area (Å²) in [6.07, 6.45) is 5.02. The van der Waals surface area contributed by atoms with Gasteiger partial charge in [0, 0.05) is 6.54 Å². The number of ether oxygens (including phenoxy) is 1. The van der Waals surface area contributed by atoms with E-state index in [2.05, 4.69) is 11.0 Å². The second-order valence-electron chi connectivity index (χ2n) is 4.84. The SMILES string of the molecule is COC(=O)c1cccc(CCN2CCCCC2)c1. The van der Waals surface area contributed by atoms with Crippen LogP contribution in [0, 0.1) is 0 Å². The lowest BCUT2D eigenvalue weighted by Crippen LogP contribution is -2.31. The predicted molar refractivity (Wildman–Crippen MR) is 71.8 cm³/mol. The van der Waals surface area contributed by atoms with Crippen LogP contribution >= 0.6 is 0 Å². The molecular weight excluding hydrogens is 226 g/mol. The third-order valence-corrected chi connectivity index (χ3v) is 3.51. The van der Waals surface area contributed by atoms with E-state index in [0.717, 1.165) is 13.0 Å². The van der Waals surface area contributed by atoms with Gasteiger partial charge in [-0.05, 0) is 50.0 Å². The van der Waals surface area contributed by atoms with Gasteiger partial charge in [-0.25, -0.2) is 4.79 Å². The lowest BCUT2D eigenvalue weighted by Gasteiger charge is -2.26. The molecule has 1 aliphatic rings. The number of hydrogen-bond acceptors (Lipinski definition) is 3. The first-order valence-corrected chi connectivity index (χ1v) is 6.69. The molecular formula is C15H21NO2. The van der Waals surface area contributed by atoms with Crippen LogP contribution < -0.4 is 0 Å². The van der Waals surface area contributed by atoms with Gasteiger partial charge in [0.25, 0.3) is 0 Å². The third kappa shape index (κ3) is 3.57. The number of piperidine rings is 1. The Morgan fingerprint density at radius 1 is 1.28 bits per heavy atom. The lowest BCUT2D eigenvalue weighted by atomic mass is 10.1. The highest BCUT2D eigenvalue weighted by molar-refractivity contribution is 5.89. The van der Waals surface area contributed by atoms with Gasteiger partial charge in [-0.2, -0.15) is 0 Å². The minimum absolute atomic E-state index is 0.255. The summed E-state index contributed by atoms with van der Waals surface area (Å²) in [5, 5.41) is 0. The summed E-state index contributed by atoms with van der Waals surface area (Å²) in [6.45, 7) is 3.53. The molecule has 1 aromatic rings. The van der Waals surface area contributed by atoms with Crippen LogP contribution in [0.4, 0.5) is 0 Å². The molecule has 0 amide bonds. The molecule has 2 rings (SSSR count). The molecule has 0 spiro atoms. The average molecular weight is 247 g/mol. The Morgan fingerprint density at radius 3 is 2.78 bits per heavy atom. The van der Waals surface area contributed by atoms with Gasteiger partial charge in [-0.3, -0.25) is 0 Å². The van der Waals surface area contributed by atoms with Crippen LogP contribution in [0.5, 0.6) is 0 Å². The summed E-state index contributed by atoms with van der Waals surface area (Å²) in [5.41, 5.74) is 1.86. The van der Waals surface area contributed by atoms with Crippen molar-refractivity contribution in [3.63, 3.8) is 0 Å². The van der Waals surface area contributed by atoms with Gasteiger partial charge < -0.3 is 9.64 Å². The largest absolute Gasteiger partial charge is 0.465 e. The van der Waals surface area contributed by atoms with Crippen LogP contribution in [0.1, 0.15) is 35.2 Å². The van der Waals surface area contributed by atoms with Gasteiger partial charge in [0.1, 0.15) is 0 Å². The van der Waals surface area contributed by atoms with Crippen molar-refractivity contribution in [3.8, 4) is 0 Å². The summed E-state index contributed by atoms with van der Waals surface area (Å²) < 4.78 is 4.74. The van der Waals surface area contributed by atoms with E-state index < -0.39 is 0 Å². The number of nitrogens with zero attached hydrogens (tertiary/aromatic N) is 1. The highest BCUT2D eigenvalue weighted by atomic mass is 16.5. The quantitative estimate of drug-likeness (QED) is 0.766. The fourth-order valence-electron chi connectivity index (χ4n) is 2.44. The van der Waals surface area contributed by atoms with Gasteiger partial charge in [0.2, 0.25) is 0 Å². The zero-order valence-electron chi connectivity index (χ0n) is 11.0. The molecule has 0 aromatic heterocycles. The Bertz CT molecular complexity index is 397. The van der Waals surface area contributed by atoms with Gasteiger partial charge >= 0.3 is 5.97 Å². The first-order valence-electron chi connectivity index (χ1n) is 6.69. The standard InChI is InChI=1S/C15H21NO2/c1-18-15(17)14-7-5-6-13(12-14)8-11-16-9-3-2-4-10-16/h5-7,12H,2-4,8-11H2,1H3. The number of carbonyl (C=O) groups excluding carboxylic acids is 1. The summed E-state index contributed by atoms with van der Waals surface area (Å²) in [7, 11) is 1.42. The van der Waals surface area contributed by atoms with Crippen molar-refractivity contribution in [2.45, 2.75) is 25.7 Å². The number of hydrogen-bond donors (Lipinski definition) is 0. The van der Waals surface area contributed by atoms with E-state index in [4.69, 9.17) is 4.74 Å². The molecule has 98 valence electrons. The zero-order valence-corrected chi connectivity index (χ0v) is 11.0. The number of rotatable bonds is 4. The van der Waals surface area contributed by atoms with Crippen molar-refractivity contribution in [1.82, 2.24) is 4.90 Å². The molecule has 0 N–H and O–H groups in total. The summed E-state index contributed by atoms with van der Waals surface area (Å²) >= 11 is 0. The minimum Gasteiger partial charge on any atom is -0.465 e. The molecule has 1 fully saturated rings. The maximum Gasteiger partial charge on any atom is 0.337 e. The molecule has 0 atom stereocenters. The lowest BCUT2D eigenvalue weighted by molar-refractivity contribution is 0.0600. The Kier molecular flexibility index (Phi) is 4.76. The molecule has 0 unspecified atom stereocenters. The molecule has 1 aliphatic heterocycles. The second-order valence-corrected chi connectivity index (χ2v) is 4.84. The van der Waals surface area contributed by atoms with Gasteiger partial charge in [0.05, 0.1) is 12.7 Å². The molecule has 1 saturated heterocycles. The molecule has 3 heteroatoms. The van der Waals surface area contributed by atoms with E-state index in [1.807, 2.05) is 12.1 Å². The van der Waals surface area contributed by atoms with E-state index in [-0.39, 0.29) is 5.97 Å². The molecule has 0 radical (unpaired) electrons. The first kappa shape index (κ1) is 13.1. The van der Waals surface area contributed by atoms with Crippen molar-refractivity contribution < 1.29 is 9.53 Å². The average Bonchev–Trinajstić information content (AvgIpc) is 2.45. The Labute approximate surface area is 109 Å². The first-order chi connectivity index (χ1) is 8.79. The van der Waals surface area contributed by atoms with E-state index in [9.17, 15) is 4.79 Å². The Balaban J connectivity index is 1.90. The number of methoxy groups -OCH3 is 1. The van der Waals surface area contributed by atoms with E-state index in [1.54, 1.807) is 6.07 Å². The highest BCUT2D eigenvalue weighted by Gasteiger charge is 2.10. The molecule has 3 nitrogen and oxygen atoms in total. The maximum absolute atomic E-state index is 11.4. The van der Waals surface area contributed by atoms with Crippen LogP contribution in [0.25, 0.3) is 0 Å². The van der Waals surface area contributed by atoms with Crippen molar-refractivity contribution in [3.05, 3.63) is 35.4 Å². The number of benzene rings is 1. The summed E-state index contributed by atoms with van der Waals surface area (Å²) in [5.74, 6) is -0.255. The van der Waals surface area contributed by atoms with E-state index in [0.29, 0.717) is 5.56 Å². The van der Waals surface area contributed by atoms with Crippen LogP contribution in [-0.4, -0.2) is 37.6 Å². The summed E-state index contributed by atoms with van der Waals surface area (Å²) in [6, 6.07) is 7.75. The topological polar surface area (TPSA) is 29.5 Å². The van der Waals surface area contributed by atoms with Crippen LogP contribution in [0.3, 0.4) is 0 Å². The predicted octanol–water partition coefficient (Wildman–Crippen LogP) is 2.50. The molecule has 0 aliphatic carbocycles. The molecule has 0 bridgehead atoms. The van der Waals surface area contributed by atoms with Crippen LogP contribution in [-0.2, 0) is 11.2 Å². The van der Waals surface area contributed by atoms with Crippen LogP contribution in [0.15, 0.2) is 24.3 Å². The molecule has 1 aromatic carbocycles. The fraction of sp³-hybridized carbons (Fsp3) is 0.533. The van der Waals surface area contributed by atoms with Crippen molar-refractivity contribution >= 4 is 5.97 Å². The molecule has 18 heavy (non-hydrogen) atoms. The molecule has 1 heterocycles. The highest BCUT2D eigenvalue weighted by Crippen LogP contribution is 2.11. The zero-order chi connectivity index (χ0) is 12.8. The number of carbonyl (C=O) groups is 1. The smallest absolute Gasteiger partial charge is 0.337 e. The second kappa shape index (κ2) is 6.55. The Hall–Kier alpha value is -1.35. The van der Waals surface area contributed by atoms with E-state index >= 15 is 0 Å². The normalized spacial score (nSPS) is 16.5. The van der Waals surface area contributed by atoms with Gasteiger partial charge in [-0.1, -0.05) is 18.6 Å². The van der Waals surface area contributed by atoms with E-state index in [1.165, 1.54) is 45.0 Å². The fourth-order valence-corrected chi connectivity index (χ4v) is 2.44. The van der Waals surface area contributed by atoms with Crippen LogP contribution in [0.2, 0.25) is 0 Å². The van der Waals surface area contributed by atoms with Gasteiger partial charge in [-0.15, -0.1) is 0 Å². The monoisotopic (exact) mass is 247 g/mol. The summed E-state index contributed by atoms with van der Waals surface area (Å²) in [4.78, 5) is 13.9. The third-order valence-electron chi connectivity index (χ3n) is 3.51. The number of likely N-dealkylation sites (tertiary alicyclic amines) is 1. The van der Waals surface area contributed by atoms with Gasteiger partial charge in [0.15, 0.2) is 0 Å². The van der Waals surface area contributed by atoms with Crippen molar-refractivity contribution in [2.75, 3.05) is 26.7 Å². The molecule has 0 saturated carbocycles.